The molecule has 1 fully saturated rings. The monoisotopic (exact) mass is 402 g/mol. The molecule has 1 aromatic rings. The number of likely N-dealkylation sites (tertiary alicyclic amines) is 1. The molecule has 0 bridgehead atoms. The topological polar surface area (TPSA) is 75.7 Å². The maximum absolute atomic E-state index is 12.4. The lowest BCUT2D eigenvalue weighted by Gasteiger charge is -2.32. The largest absolute Gasteiger partial charge is 0.483 e. The van der Waals surface area contributed by atoms with Crippen LogP contribution in [-0.2, 0) is 19.8 Å². The second-order valence-corrected chi connectivity index (χ2v) is 8.96. The number of Topliss-reactive ketones (excluding diaryl/α,β-unsaturated/α-hetero) is 1. The summed E-state index contributed by atoms with van der Waals surface area (Å²) in [6.45, 7) is 11.1. The number of carbonyl (C=O) groups is 3. The van der Waals surface area contributed by atoms with E-state index in [0.29, 0.717) is 19.5 Å². The normalized spacial score (nSPS) is 15.1. The quantitative estimate of drug-likeness (QED) is 0.760. The first-order valence-electron chi connectivity index (χ1n) is 10.4. The number of benzene rings is 1. The second-order valence-electron chi connectivity index (χ2n) is 8.96. The Hall–Kier alpha value is -2.37. The van der Waals surface area contributed by atoms with Gasteiger partial charge in [-0.1, -0.05) is 38.5 Å². The van der Waals surface area contributed by atoms with E-state index in [1.807, 2.05) is 19.1 Å². The molecule has 0 atom stereocenters. The Morgan fingerprint density at radius 1 is 1.14 bits per heavy atom. The molecule has 0 aliphatic carbocycles. The van der Waals surface area contributed by atoms with Gasteiger partial charge in [-0.15, -0.1) is 0 Å². The summed E-state index contributed by atoms with van der Waals surface area (Å²) in [6, 6.07) is 6.06. The summed E-state index contributed by atoms with van der Waals surface area (Å²) in [5, 5.41) is 3.01. The molecule has 6 nitrogen and oxygen atoms in total. The highest BCUT2D eigenvalue weighted by Gasteiger charge is 2.24. The van der Waals surface area contributed by atoms with Crippen molar-refractivity contribution in [3.63, 3.8) is 0 Å². The number of nitrogens with zero attached hydrogens (tertiary/aromatic N) is 1. The van der Waals surface area contributed by atoms with Gasteiger partial charge in [-0.05, 0) is 43.7 Å². The number of carbonyl (C=O) groups excluding carboxylic acids is 3. The average molecular weight is 403 g/mol. The van der Waals surface area contributed by atoms with Crippen molar-refractivity contribution < 1.29 is 19.1 Å². The second kappa shape index (κ2) is 9.90. The molecule has 0 aromatic heterocycles. The molecule has 0 spiro atoms. The summed E-state index contributed by atoms with van der Waals surface area (Å²) < 4.78 is 5.83. The van der Waals surface area contributed by atoms with Gasteiger partial charge < -0.3 is 19.7 Å². The molecule has 2 rings (SSSR count). The Morgan fingerprint density at radius 2 is 1.79 bits per heavy atom. The Bertz CT molecular complexity index is 744. The fourth-order valence-electron chi connectivity index (χ4n) is 3.48. The van der Waals surface area contributed by atoms with Gasteiger partial charge in [0.15, 0.2) is 6.61 Å². The summed E-state index contributed by atoms with van der Waals surface area (Å²) >= 11 is 0. The molecule has 0 radical (unpaired) electrons. The van der Waals surface area contributed by atoms with Crippen LogP contribution in [0.4, 0.5) is 0 Å². The third kappa shape index (κ3) is 7.18. The van der Waals surface area contributed by atoms with Crippen LogP contribution in [0, 0.1) is 6.92 Å². The zero-order valence-electron chi connectivity index (χ0n) is 18.3. The van der Waals surface area contributed by atoms with Crippen molar-refractivity contribution in [2.45, 2.75) is 71.8 Å². The Balaban J connectivity index is 1.80. The van der Waals surface area contributed by atoms with Crippen molar-refractivity contribution in [2.24, 2.45) is 0 Å². The van der Waals surface area contributed by atoms with Crippen LogP contribution in [0.2, 0.25) is 0 Å². The molecular formula is C23H34N2O4. The third-order valence-electron chi connectivity index (χ3n) is 5.21. The van der Waals surface area contributed by atoms with E-state index in [1.165, 1.54) is 6.92 Å². The smallest absolute Gasteiger partial charge is 0.258 e. The summed E-state index contributed by atoms with van der Waals surface area (Å²) in [5.41, 5.74) is 2.18. The molecular weight excluding hydrogens is 368 g/mol. The molecule has 1 aliphatic rings. The summed E-state index contributed by atoms with van der Waals surface area (Å²) in [6.07, 6.45) is 2.00. The summed E-state index contributed by atoms with van der Waals surface area (Å²) in [7, 11) is 0. The first-order valence-corrected chi connectivity index (χ1v) is 10.4. The van der Waals surface area contributed by atoms with Crippen molar-refractivity contribution >= 4 is 17.6 Å². The summed E-state index contributed by atoms with van der Waals surface area (Å²) in [5.74, 6) is 0.641. The average Bonchev–Trinajstić information content (AvgIpc) is 2.65. The number of piperidine rings is 1. The molecule has 6 heteroatoms. The van der Waals surface area contributed by atoms with Gasteiger partial charge in [0, 0.05) is 32.0 Å². The van der Waals surface area contributed by atoms with Crippen LogP contribution in [0.25, 0.3) is 0 Å². The highest BCUT2D eigenvalue weighted by atomic mass is 16.5. The van der Waals surface area contributed by atoms with Gasteiger partial charge in [0.1, 0.15) is 11.5 Å². The predicted molar refractivity (Wildman–Crippen MR) is 113 cm³/mol. The van der Waals surface area contributed by atoms with Gasteiger partial charge in [0.05, 0.1) is 0 Å². The molecule has 0 saturated carbocycles. The molecule has 29 heavy (non-hydrogen) atoms. The van der Waals surface area contributed by atoms with Crippen molar-refractivity contribution in [3.8, 4) is 5.75 Å². The number of nitrogens with one attached hydrogen (secondary N) is 1. The van der Waals surface area contributed by atoms with Crippen molar-refractivity contribution in [1.82, 2.24) is 10.2 Å². The molecule has 1 aliphatic heterocycles. The molecule has 1 N–H and O–H groups in total. The molecule has 1 aromatic carbocycles. The van der Waals surface area contributed by atoms with E-state index in [0.717, 1.165) is 29.7 Å². The van der Waals surface area contributed by atoms with E-state index in [4.69, 9.17) is 4.74 Å². The Morgan fingerprint density at radius 3 is 2.38 bits per heavy atom. The van der Waals surface area contributed by atoms with E-state index < -0.39 is 0 Å². The van der Waals surface area contributed by atoms with Gasteiger partial charge in [-0.2, -0.15) is 0 Å². The van der Waals surface area contributed by atoms with Gasteiger partial charge in [0.25, 0.3) is 5.91 Å². The number of aryl methyl sites for hydroxylation is 1. The fraction of sp³-hybridized carbons (Fsp3) is 0.609. The minimum absolute atomic E-state index is 0.0161. The Kier molecular flexibility index (Phi) is 7.82. The minimum Gasteiger partial charge on any atom is -0.483 e. The van der Waals surface area contributed by atoms with Crippen LogP contribution in [-0.4, -0.2) is 48.2 Å². The van der Waals surface area contributed by atoms with Crippen molar-refractivity contribution in [2.75, 3.05) is 19.7 Å². The fourth-order valence-corrected chi connectivity index (χ4v) is 3.48. The van der Waals surface area contributed by atoms with Crippen LogP contribution in [0.15, 0.2) is 18.2 Å². The van der Waals surface area contributed by atoms with Crippen LogP contribution in [0.5, 0.6) is 5.75 Å². The van der Waals surface area contributed by atoms with Crippen LogP contribution in [0.3, 0.4) is 0 Å². The standard InChI is InChI=1S/C23H34N2O4/c1-16-6-8-20(19(14-16)23(3,4)5)29-15-21(27)24-18-10-12-25(13-11-18)22(28)9-7-17(2)26/h6,8,14,18H,7,9-13,15H2,1-5H3,(H,24,27). The number of ether oxygens (including phenoxy) is 1. The lowest BCUT2D eigenvalue weighted by Crippen LogP contribution is -2.47. The van der Waals surface area contributed by atoms with Gasteiger partial charge in [0.2, 0.25) is 5.91 Å². The summed E-state index contributed by atoms with van der Waals surface area (Å²) in [4.78, 5) is 37.3. The van der Waals surface area contributed by atoms with Gasteiger partial charge in [-0.3, -0.25) is 9.59 Å². The molecule has 2 amide bonds. The highest BCUT2D eigenvalue weighted by molar-refractivity contribution is 5.83. The molecule has 0 unspecified atom stereocenters. The van der Waals surface area contributed by atoms with E-state index in [2.05, 4.69) is 32.2 Å². The van der Waals surface area contributed by atoms with Crippen molar-refractivity contribution in [3.05, 3.63) is 29.3 Å². The Labute approximate surface area is 174 Å². The molecule has 1 heterocycles. The first-order chi connectivity index (χ1) is 13.6. The molecule has 160 valence electrons. The van der Waals surface area contributed by atoms with E-state index in [-0.39, 0.29) is 42.1 Å². The van der Waals surface area contributed by atoms with E-state index in [9.17, 15) is 14.4 Å². The maximum atomic E-state index is 12.4. The predicted octanol–water partition coefficient (Wildman–Crippen LogP) is 3.15. The number of hydrogen-bond donors (Lipinski definition) is 1. The number of hydrogen-bond acceptors (Lipinski definition) is 4. The lowest BCUT2D eigenvalue weighted by molar-refractivity contribution is -0.134. The third-order valence-corrected chi connectivity index (χ3v) is 5.21. The van der Waals surface area contributed by atoms with Crippen LogP contribution < -0.4 is 10.1 Å². The van der Waals surface area contributed by atoms with Crippen LogP contribution in [0.1, 0.15) is 64.5 Å². The first kappa shape index (κ1) is 22.9. The number of ketones is 1. The van der Waals surface area contributed by atoms with E-state index in [1.54, 1.807) is 4.90 Å². The van der Waals surface area contributed by atoms with Gasteiger partial charge in [-0.25, -0.2) is 0 Å². The zero-order valence-corrected chi connectivity index (χ0v) is 18.3. The molecule has 1 saturated heterocycles. The van der Waals surface area contributed by atoms with Crippen LogP contribution >= 0.6 is 0 Å². The van der Waals surface area contributed by atoms with Crippen molar-refractivity contribution in [1.29, 1.82) is 0 Å². The number of rotatable bonds is 7. The SMILES string of the molecule is CC(=O)CCC(=O)N1CCC(NC(=O)COc2ccc(C)cc2C(C)(C)C)CC1. The number of amides is 2. The minimum atomic E-state index is -0.146. The zero-order chi connectivity index (χ0) is 21.6. The van der Waals surface area contributed by atoms with Gasteiger partial charge >= 0.3 is 0 Å². The highest BCUT2D eigenvalue weighted by Crippen LogP contribution is 2.32. The van der Waals surface area contributed by atoms with E-state index >= 15 is 0 Å². The maximum Gasteiger partial charge on any atom is 0.258 e. The lowest BCUT2D eigenvalue weighted by atomic mass is 9.85.